The second kappa shape index (κ2) is 7.22. The molecule has 5 nitrogen and oxygen atoms in total. The van der Waals surface area contributed by atoms with Crippen LogP contribution in [0.4, 0.5) is 0 Å². The van der Waals surface area contributed by atoms with E-state index in [0.717, 1.165) is 24.3 Å². The van der Waals surface area contributed by atoms with Gasteiger partial charge >= 0.3 is 0 Å². The fourth-order valence-electron chi connectivity index (χ4n) is 2.19. The van der Waals surface area contributed by atoms with Gasteiger partial charge in [-0.15, -0.1) is 0 Å². The number of likely N-dealkylation sites (N-methyl/N-ethyl adjacent to an activating group) is 1. The summed E-state index contributed by atoms with van der Waals surface area (Å²) in [5.41, 5.74) is 1.84. The number of hydrogen-bond acceptors (Lipinski definition) is 4. The summed E-state index contributed by atoms with van der Waals surface area (Å²) in [6, 6.07) is 1.76. The number of halogens is 2. The molecule has 7 heteroatoms. The molecule has 0 radical (unpaired) electrons. The average Bonchev–Trinajstić information content (AvgIpc) is 2.81. The van der Waals surface area contributed by atoms with E-state index in [9.17, 15) is 0 Å². The highest BCUT2D eigenvalue weighted by atomic mass is 35.5. The van der Waals surface area contributed by atoms with Gasteiger partial charge in [-0.05, 0) is 32.8 Å². The smallest absolute Gasteiger partial charge is 0.0837 e. The SMILES string of the molecule is CNC(c1ccncc1Cl)c1c(Cl)cnn1CCN(C)C. The van der Waals surface area contributed by atoms with Crippen molar-refractivity contribution in [2.75, 3.05) is 27.7 Å². The Hall–Kier alpha value is -1.14. The molecule has 0 aliphatic heterocycles. The molecular formula is C14H19Cl2N5. The fraction of sp³-hybridized carbons (Fsp3) is 0.429. The van der Waals surface area contributed by atoms with Crippen LogP contribution in [0, 0.1) is 0 Å². The van der Waals surface area contributed by atoms with Crippen molar-refractivity contribution in [2.45, 2.75) is 12.6 Å². The highest BCUT2D eigenvalue weighted by Crippen LogP contribution is 2.31. The lowest BCUT2D eigenvalue weighted by molar-refractivity contribution is 0.366. The van der Waals surface area contributed by atoms with Gasteiger partial charge in [0, 0.05) is 18.9 Å². The Morgan fingerprint density at radius 1 is 1.29 bits per heavy atom. The molecule has 0 aliphatic rings. The molecule has 2 rings (SSSR count). The van der Waals surface area contributed by atoms with Crippen molar-refractivity contribution in [3.8, 4) is 0 Å². The largest absolute Gasteiger partial charge is 0.308 e. The number of nitrogens with one attached hydrogen (secondary N) is 1. The van der Waals surface area contributed by atoms with Crippen molar-refractivity contribution in [1.82, 2.24) is 25.0 Å². The third-order valence-electron chi connectivity index (χ3n) is 3.27. The summed E-state index contributed by atoms with van der Waals surface area (Å²) in [5.74, 6) is 0. The minimum Gasteiger partial charge on any atom is -0.308 e. The molecule has 0 fully saturated rings. The molecule has 0 amide bonds. The molecule has 1 N–H and O–H groups in total. The van der Waals surface area contributed by atoms with E-state index in [1.54, 1.807) is 18.6 Å². The van der Waals surface area contributed by atoms with Gasteiger partial charge in [0.05, 0.1) is 34.5 Å². The average molecular weight is 328 g/mol. The Morgan fingerprint density at radius 3 is 2.67 bits per heavy atom. The van der Waals surface area contributed by atoms with Crippen LogP contribution in [-0.2, 0) is 6.54 Å². The predicted octanol–water partition coefficient (Wildman–Crippen LogP) is 2.46. The topological polar surface area (TPSA) is 46.0 Å². The van der Waals surface area contributed by atoms with Crippen molar-refractivity contribution in [1.29, 1.82) is 0 Å². The minimum atomic E-state index is -0.127. The van der Waals surface area contributed by atoms with Gasteiger partial charge < -0.3 is 10.2 Å². The van der Waals surface area contributed by atoms with Crippen molar-refractivity contribution >= 4 is 23.2 Å². The molecule has 0 spiro atoms. The highest BCUT2D eigenvalue weighted by molar-refractivity contribution is 6.32. The Morgan fingerprint density at radius 2 is 2.05 bits per heavy atom. The van der Waals surface area contributed by atoms with E-state index in [-0.39, 0.29) is 6.04 Å². The number of nitrogens with zero attached hydrogens (tertiary/aromatic N) is 4. The fourth-order valence-corrected chi connectivity index (χ4v) is 2.67. The lowest BCUT2D eigenvalue weighted by Crippen LogP contribution is -2.25. The first-order valence-electron chi connectivity index (χ1n) is 6.67. The van der Waals surface area contributed by atoms with Crippen LogP contribution in [0.2, 0.25) is 10.0 Å². The maximum atomic E-state index is 6.34. The normalized spacial score (nSPS) is 12.9. The summed E-state index contributed by atoms with van der Waals surface area (Å²) >= 11 is 12.6. The molecule has 0 aliphatic carbocycles. The lowest BCUT2D eigenvalue weighted by atomic mass is 10.1. The van der Waals surface area contributed by atoms with Gasteiger partial charge in [0.2, 0.25) is 0 Å². The van der Waals surface area contributed by atoms with Crippen LogP contribution in [0.15, 0.2) is 24.7 Å². The molecule has 1 atom stereocenters. The Labute approximate surface area is 134 Å². The first-order valence-corrected chi connectivity index (χ1v) is 7.42. The van der Waals surface area contributed by atoms with Gasteiger partial charge in [-0.3, -0.25) is 9.67 Å². The molecule has 2 aromatic rings. The van der Waals surface area contributed by atoms with E-state index >= 15 is 0 Å². The molecule has 1 unspecified atom stereocenters. The molecule has 114 valence electrons. The van der Waals surface area contributed by atoms with Gasteiger partial charge in [-0.25, -0.2) is 0 Å². The van der Waals surface area contributed by atoms with E-state index in [0.29, 0.717) is 10.0 Å². The Kier molecular flexibility index (Phi) is 5.58. The van der Waals surface area contributed by atoms with Crippen molar-refractivity contribution in [3.05, 3.63) is 46.0 Å². The summed E-state index contributed by atoms with van der Waals surface area (Å²) in [6.07, 6.45) is 5.03. The third-order valence-corrected chi connectivity index (χ3v) is 3.88. The molecule has 0 aromatic carbocycles. The van der Waals surface area contributed by atoms with Crippen molar-refractivity contribution in [2.24, 2.45) is 0 Å². The summed E-state index contributed by atoms with van der Waals surface area (Å²) in [7, 11) is 5.93. The monoisotopic (exact) mass is 327 g/mol. The van der Waals surface area contributed by atoms with Crippen LogP contribution in [0.1, 0.15) is 17.3 Å². The second-order valence-electron chi connectivity index (χ2n) is 5.02. The first-order chi connectivity index (χ1) is 10.0. The zero-order valence-corrected chi connectivity index (χ0v) is 13.9. The van der Waals surface area contributed by atoms with Crippen molar-refractivity contribution in [3.63, 3.8) is 0 Å². The van der Waals surface area contributed by atoms with Crippen LogP contribution in [0.25, 0.3) is 0 Å². The maximum Gasteiger partial charge on any atom is 0.0837 e. The van der Waals surface area contributed by atoms with Crippen LogP contribution < -0.4 is 5.32 Å². The molecule has 0 bridgehead atoms. The van der Waals surface area contributed by atoms with Crippen LogP contribution in [0.5, 0.6) is 0 Å². The standard InChI is InChI=1S/C14H19Cl2N5/c1-17-13(10-4-5-18-8-11(10)15)14-12(16)9-19-21(14)7-6-20(2)3/h4-5,8-9,13,17H,6-7H2,1-3H3. The van der Waals surface area contributed by atoms with Crippen LogP contribution >= 0.6 is 23.2 Å². The number of aromatic nitrogens is 3. The van der Waals surface area contributed by atoms with E-state index < -0.39 is 0 Å². The van der Waals surface area contributed by atoms with Crippen LogP contribution in [0.3, 0.4) is 0 Å². The third kappa shape index (κ3) is 3.74. The molecular weight excluding hydrogens is 309 g/mol. The molecule has 0 saturated carbocycles. The van der Waals surface area contributed by atoms with Gasteiger partial charge in [0.15, 0.2) is 0 Å². The van der Waals surface area contributed by atoms with Crippen molar-refractivity contribution < 1.29 is 0 Å². The Bertz CT molecular complexity index is 597. The highest BCUT2D eigenvalue weighted by Gasteiger charge is 2.22. The van der Waals surface area contributed by atoms with Gasteiger partial charge in [0.25, 0.3) is 0 Å². The van der Waals surface area contributed by atoms with Gasteiger partial charge in [-0.2, -0.15) is 5.10 Å². The number of hydrogen-bond donors (Lipinski definition) is 1. The second-order valence-corrected chi connectivity index (χ2v) is 5.84. The quantitative estimate of drug-likeness (QED) is 0.885. The minimum absolute atomic E-state index is 0.127. The van der Waals surface area contributed by atoms with E-state index in [1.807, 2.05) is 31.9 Å². The maximum absolute atomic E-state index is 6.34. The number of pyridine rings is 1. The molecule has 2 aromatic heterocycles. The Balaban J connectivity index is 2.38. The molecule has 0 saturated heterocycles. The zero-order chi connectivity index (χ0) is 15.4. The lowest BCUT2D eigenvalue weighted by Gasteiger charge is -2.21. The summed E-state index contributed by atoms with van der Waals surface area (Å²) in [4.78, 5) is 6.13. The first kappa shape index (κ1) is 16.2. The van der Waals surface area contributed by atoms with Crippen LogP contribution in [-0.4, -0.2) is 47.4 Å². The van der Waals surface area contributed by atoms with E-state index in [2.05, 4.69) is 20.3 Å². The zero-order valence-electron chi connectivity index (χ0n) is 12.3. The molecule has 2 heterocycles. The summed E-state index contributed by atoms with van der Waals surface area (Å²) < 4.78 is 1.92. The van der Waals surface area contributed by atoms with Gasteiger partial charge in [0.1, 0.15) is 0 Å². The van der Waals surface area contributed by atoms with Gasteiger partial charge in [-0.1, -0.05) is 23.2 Å². The number of rotatable bonds is 6. The van der Waals surface area contributed by atoms with E-state index in [1.165, 1.54) is 0 Å². The summed E-state index contributed by atoms with van der Waals surface area (Å²) in [5, 5.41) is 8.86. The molecule has 21 heavy (non-hydrogen) atoms. The van der Waals surface area contributed by atoms with E-state index in [4.69, 9.17) is 23.2 Å². The predicted molar refractivity (Wildman–Crippen MR) is 85.9 cm³/mol. The summed E-state index contributed by atoms with van der Waals surface area (Å²) in [6.45, 7) is 1.64.